The minimum atomic E-state index is -1.30. The Bertz CT molecular complexity index is 496. The first-order chi connectivity index (χ1) is 9.43. The minimum Gasteiger partial charge on any atom is -0.548 e. The van der Waals surface area contributed by atoms with Crippen LogP contribution in [-0.4, -0.2) is 24.5 Å². The van der Waals surface area contributed by atoms with E-state index in [2.05, 4.69) is 10.9 Å². The molecule has 0 saturated carbocycles. The van der Waals surface area contributed by atoms with Gasteiger partial charge in [-0.3, -0.25) is 10.2 Å². The molecule has 1 amide bonds. The van der Waals surface area contributed by atoms with Crippen molar-refractivity contribution in [2.45, 2.75) is 19.4 Å². The van der Waals surface area contributed by atoms with Crippen LogP contribution in [0.3, 0.4) is 0 Å². The van der Waals surface area contributed by atoms with Gasteiger partial charge >= 0.3 is 0 Å². The van der Waals surface area contributed by atoms with Gasteiger partial charge in [0.2, 0.25) is 0 Å². The molecule has 0 aromatic heterocycles. The molecule has 20 heavy (non-hydrogen) atoms. The minimum absolute atomic E-state index is 0.270. The van der Waals surface area contributed by atoms with Gasteiger partial charge < -0.3 is 14.6 Å². The molecule has 1 aromatic rings. The molecule has 1 unspecified atom stereocenters. The number of benzene rings is 1. The van der Waals surface area contributed by atoms with E-state index in [-0.39, 0.29) is 18.1 Å². The largest absolute Gasteiger partial charge is 0.548 e. The van der Waals surface area contributed by atoms with Crippen LogP contribution in [-0.2, 0) is 9.59 Å². The Kier molecular flexibility index (Phi) is 6.57. The second-order valence-electron chi connectivity index (χ2n) is 3.84. The van der Waals surface area contributed by atoms with Gasteiger partial charge in [0, 0.05) is 5.02 Å². The van der Waals surface area contributed by atoms with Gasteiger partial charge in [-0.05, 0) is 24.6 Å². The summed E-state index contributed by atoms with van der Waals surface area (Å²) in [6.45, 7) is 1.32. The van der Waals surface area contributed by atoms with Gasteiger partial charge in [0.1, 0.15) is 5.75 Å². The van der Waals surface area contributed by atoms with Crippen LogP contribution in [0.1, 0.15) is 13.3 Å². The maximum atomic E-state index is 11.5. The van der Waals surface area contributed by atoms with Gasteiger partial charge in [0.15, 0.2) is 6.61 Å². The van der Waals surface area contributed by atoms with E-state index in [9.17, 15) is 14.7 Å². The molecule has 0 saturated heterocycles. The number of carboxylic acids is 1. The van der Waals surface area contributed by atoms with Crippen molar-refractivity contribution in [3.8, 4) is 5.75 Å². The van der Waals surface area contributed by atoms with Crippen molar-refractivity contribution in [3.05, 3.63) is 28.2 Å². The second-order valence-corrected chi connectivity index (χ2v) is 4.68. The number of ether oxygens (including phenoxy) is 1. The molecule has 0 bridgehead atoms. The van der Waals surface area contributed by atoms with Gasteiger partial charge in [-0.1, -0.05) is 30.1 Å². The van der Waals surface area contributed by atoms with E-state index in [0.29, 0.717) is 10.8 Å². The number of nitrogens with one attached hydrogen (secondary N) is 2. The molecule has 1 rings (SSSR count). The smallest absolute Gasteiger partial charge is 0.272 e. The fourth-order valence-electron chi connectivity index (χ4n) is 1.27. The zero-order valence-corrected chi connectivity index (χ0v) is 12.1. The maximum Gasteiger partial charge on any atom is 0.272 e. The molecule has 110 valence electrons. The molecule has 0 radical (unpaired) electrons. The fraction of sp³-hybridized carbons (Fsp3) is 0.333. The van der Waals surface area contributed by atoms with E-state index in [4.69, 9.17) is 27.9 Å². The highest BCUT2D eigenvalue weighted by Gasteiger charge is 2.10. The number of aliphatic carboxylic acids is 1. The van der Waals surface area contributed by atoms with Gasteiger partial charge in [0.25, 0.3) is 5.91 Å². The highest BCUT2D eigenvalue weighted by molar-refractivity contribution is 6.35. The highest BCUT2D eigenvalue weighted by Crippen LogP contribution is 2.27. The quantitative estimate of drug-likeness (QED) is 0.715. The molecule has 0 aliphatic heterocycles. The Morgan fingerprint density at radius 2 is 2.10 bits per heavy atom. The van der Waals surface area contributed by atoms with E-state index < -0.39 is 17.9 Å². The van der Waals surface area contributed by atoms with Crippen molar-refractivity contribution >= 4 is 35.1 Å². The molecule has 1 atom stereocenters. The van der Waals surface area contributed by atoms with Crippen LogP contribution in [0.5, 0.6) is 5.75 Å². The summed E-state index contributed by atoms with van der Waals surface area (Å²) in [4.78, 5) is 22.1. The molecular formula is C12H13Cl2N2O4-. The van der Waals surface area contributed by atoms with Crippen LogP contribution in [0.2, 0.25) is 10.0 Å². The lowest BCUT2D eigenvalue weighted by Gasteiger charge is -2.18. The van der Waals surface area contributed by atoms with Crippen molar-refractivity contribution < 1.29 is 19.4 Å². The maximum absolute atomic E-state index is 11.5. The number of amides is 1. The van der Waals surface area contributed by atoms with Crippen LogP contribution >= 0.6 is 23.2 Å². The summed E-state index contributed by atoms with van der Waals surface area (Å²) in [5.41, 5.74) is 4.55. The number of carbonyl (C=O) groups excluding carboxylic acids is 2. The van der Waals surface area contributed by atoms with E-state index >= 15 is 0 Å². The number of carbonyl (C=O) groups is 2. The van der Waals surface area contributed by atoms with Crippen molar-refractivity contribution in [2.75, 3.05) is 6.61 Å². The van der Waals surface area contributed by atoms with Crippen LogP contribution in [0.4, 0.5) is 0 Å². The molecule has 0 aliphatic carbocycles. The first-order valence-electron chi connectivity index (χ1n) is 5.77. The normalized spacial score (nSPS) is 11.8. The average molecular weight is 320 g/mol. The number of rotatable bonds is 7. The Morgan fingerprint density at radius 1 is 1.40 bits per heavy atom. The standard InChI is InChI=1S/C12H14Cl2N2O4/c1-2-9(12(18)19)15-16-11(17)6-20-10-4-3-7(13)5-8(10)14/h3-5,9,15H,2,6H2,1H3,(H,16,17)(H,18,19)/p-1. The van der Waals surface area contributed by atoms with Crippen molar-refractivity contribution in [1.29, 1.82) is 0 Å². The van der Waals surface area contributed by atoms with Crippen molar-refractivity contribution in [3.63, 3.8) is 0 Å². The monoisotopic (exact) mass is 319 g/mol. The number of halogens is 2. The third-order valence-corrected chi connectivity index (χ3v) is 2.86. The van der Waals surface area contributed by atoms with Crippen LogP contribution in [0.15, 0.2) is 18.2 Å². The van der Waals surface area contributed by atoms with E-state index in [1.807, 2.05) is 0 Å². The predicted octanol–water partition coefficient (Wildman–Crippen LogP) is 0.521. The predicted molar refractivity (Wildman–Crippen MR) is 72.3 cm³/mol. The van der Waals surface area contributed by atoms with Crippen LogP contribution in [0, 0.1) is 0 Å². The topological polar surface area (TPSA) is 90.5 Å². The van der Waals surface area contributed by atoms with Crippen LogP contribution in [0.25, 0.3) is 0 Å². The highest BCUT2D eigenvalue weighted by atomic mass is 35.5. The third kappa shape index (κ3) is 5.24. The molecule has 8 heteroatoms. The summed E-state index contributed by atoms with van der Waals surface area (Å²) in [5.74, 6) is -1.54. The molecular weight excluding hydrogens is 307 g/mol. The fourth-order valence-corrected chi connectivity index (χ4v) is 1.73. The van der Waals surface area contributed by atoms with Gasteiger partial charge in [-0.15, -0.1) is 0 Å². The Morgan fingerprint density at radius 3 is 2.65 bits per heavy atom. The Hall–Kier alpha value is -1.50. The lowest BCUT2D eigenvalue weighted by atomic mass is 10.2. The summed E-state index contributed by atoms with van der Waals surface area (Å²) in [7, 11) is 0. The molecule has 6 nitrogen and oxygen atoms in total. The summed E-state index contributed by atoms with van der Waals surface area (Å²) < 4.78 is 5.17. The lowest BCUT2D eigenvalue weighted by molar-refractivity contribution is -0.308. The zero-order chi connectivity index (χ0) is 15.1. The molecule has 0 fully saturated rings. The summed E-state index contributed by atoms with van der Waals surface area (Å²) in [5, 5.41) is 11.3. The summed E-state index contributed by atoms with van der Waals surface area (Å²) in [6.07, 6.45) is 0.270. The molecule has 0 spiro atoms. The van der Waals surface area contributed by atoms with Gasteiger partial charge in [-0.25, -0.2) is 5.43 Å². The first-order valence-corrected chi connectivity index (χ1v) is 6.52. The first kappa shape index (κ1) is 16.6. The number of hydrogen-bond donors (Lipinski definition) is 2. The lowest BCUT2D eigenvalue weighted by Crippen LogP contribution is -2.53. The zero-order valence-electron chi connectivity index (χ0n) is 10.6. The number of hydrazine groups is 1. The molecule has 2 N–H and O–H groups in total. The van der Waals surface area contributed by atoms with Gasteiger partial charge in [-0.2, -0.15) is 0 Å². The van der Waals surface area contributed by atoms with Gasteiger partial charge in [0.05, 0.1) is 17.0 Å². The van der Waals surface area contributed by atoms with E-state index in [1.54, 1.807) is 13.0 Å². The third-order valence-electron chi connectivity index (χ3n) is 2.33. The van der Waals surface area contributed by atoms with Crippen molar-refractivity contribution in [1.82, 2.24) is 10.9 Å². The van der Waals surface area contributed by atoms with E-state index in [0.717, 1.165) is 0 Å². The molecule has 0 heterocycles. The number of carboxylic acid groups (broad SMARTS) is 1. The average Bonchev–Trinajstić information content (AvgIpc) is 2.38. The Balaban J connectivity index is 2.41. The SMILES string of the molecule is CCC(NNC(=O)COc1ccc(Cl)cc1Cl)C(=O)[O-]. The van der Waals surface area contributed by atoms with Crippen molar-refractivity contribution in [2.24, 2.45) is 0 Å². The summed E-state index contributed by atoms with van der Waals surface area (Å²) in [6, 6.07) is 3.62. The molecule has 0 aliphatic rings. The second kappa shape index (κ2) is 7.94. The molecule has 1 aromatic carbocycles. The Labute approximate surface area is 126 Å². The van der Waals surface area contributed by atoms with E-state index in [1.165, 1.54) is 12.1 Å². The number of hydrogen-bond acceptors (Lipinski definition) is 5. The summed E-state index contributed by atoms with van der Waals surface area (Å²) >= 11 is 11.6. The van der Waals surface area contributed by atoms with Crippen LogP contribution < -0.4 is 20.7 Å².